The molecule has 1 aliphatic heterocycles. The van der Waals surface area contributed by atoms with Gasteiger partial charge in [0.2, 0.25) is 0 Å². The minimum Gasteiger partial charge on any atom is -0.493 e. The van der Waals surface area contributed by atoms with Crippen LogP contribution in [0.15, 0.2) is 36.4 Å². The van der Waals surface area contributed by atoms with E-state index in [0.717, 1.165) is 18.8 Å². The molecule has 20 heavy (non-hydrogen) atoms. The molecule has 0 fully saturated rings. The molecule has 1 aliphatic rings. The second-order valence-electron chi connectivity index (χ2n) is 5.65. The molecule has 104 valence electrons. The summed E-state index contributed by atoms with van der Waals surface area (Å²) in [4.78, 5) is 0. The van der Waals surface area contributed by atoms with Crippen LogP contribution >= 0.6 is 0 Å². The van der Waals surface area contributed by atoms with Gasteiger partial charge in [-0.05, 0) is 61.2 Å². The van der Waals surface area contributed by atoms with Crippen molar-refractivity contribution < 1.29 is 4.74 Å². The molecule has 0 bridgehead atoms. The number of hydrogen-bond donors (Lipinski definition) is 1. The summed E-state index contributed by atoms with van der Waals surface area (Å²) in [6.45, 7) is 7.30. The van der Waals surface area contributed by atoms with Gasteiger partial charge in [-0.2, -0.15) is 0 Å². The monoisotopic (exact) mass is 267 g/mol. The van der Waals surface area contributed by atoms with Crippen molar-refractivity contribution in [3.05, 3.63) is 58.7 Å². The van der Waals surface area contributed by atoms with Crippen LogP contribution in [0, 0.1) is 13.8 Å². The standard InChI is InChI=1S/C18H21NO/c1-12-4-5-13(2)17(10-12)19-14(3)15-6-7-18-16(11-15)8-9-20-18/h4-7,10-11,14,19H,8-9H2,1-3H3. The van der Waals surface area contributed by atoms with Crippen molar-refractivity contribution in [1.29, 1.82) is 0 Å². The zero-order valence-electron chi connectivity index (χ0n) is 12.4. The third-order valence-electron chi connectivity index (χ3n) is 3.98. The number of rotatable bonds is 3. The SMILES string of the molecule is Cc1ccc(C)c(NC(C)c2ccc3c(c2)CCO3)c1. The van der Waals surface area contributed by atoms with E-state index in [2.05, 4.69) is 62.5 Å². The summed E-state index contributed by atoms with van der Waals surface area (Å²) < 4.78 is 5.57. The summed E-state index contributed by atoms with van der Waals surface area (Å²) >= 11 is 0. The molecule has 1 unspecified atom stereocenters. The smallest absolute Gasteiger partial charge is 0.122 e. The molecule has 0 radical (unpaired) electrons. The van der Waals surface area contributed by atoms with Gasteiger partial charge in [-0.3, -0.25) is 0 Å². The molecule has 0 amide bonds. The van der Waals surface area contributed by atoms with Crippen molar-refractivity contribution in [2.24, 2.45) is 0 Å². The lowest BCUT2D eigenvalue weighted by Gasteiger charge is -2.18. The van der Waals surface area contributed by atoms with Gasteiger partial charge in [0.05, 0.1) is 6.61 Å². The van der Waals surface area contributed by atoms with Gasteiger partial charge in [0.1, 0.15) is 5.75 Å². The fraction of sp³-hybridized carbons (Fsp3) is 0.333. The van der Waals surface area contributed by atoms with Gasteiger partial charge in [0.15, 0.2) is 0 Å². The molecular weight excluding hydrogens is 246 g/mol. The lowest BCUT2D eigenvalue weighted by molar-refractivity contribution is 0.357. The first-order chi connectivity index (χ1) is 9.63. The van der Waals surface area contributed by atoms with Crippen LogP contribution in [-0.4, -0.2) is 6.61 Å². The molecule has 0 spiro atoms. The van der Waals surface area contributed by atoms with E-state index in [0.29, 0.717) is 6.04 Å². The first kappa shape index (κ1) is 13.0. The van der Waals surface area contributed by atoms with Crippen LogP contribution in [0.1, 0.15) is 35.2 Å². The number of anilines is 1. The Kier molecular flexibility index (Phi) is 3.39. The van der Waals surface area contributed by atoms with Gasteiger partial charge >= 0.3 is 0 Å². The highest BCUT2D eigenvalue weighted by Crippen LogP contribution is 2.30. The van der Waals surface area contributed by atoms with E-state index < -0.39 is 0 Å². The zero-order valence-corrected chi connectivity index (χ0v) is 12.4. The van der Waals surface area contributed by atoms with Crippen LogP contribution in [0.2, 0.25) is 0 Å². The number of ether oxygens (including phenoxy) is 1. The van der Waals surface area contributed by atoms with Crippen molar-refractivity contribution >= 4 is 5.69 Å². The Hall–Kier alpha value is -1.96. The second kappa shape index (κ2) is 5.20. The second-order valence-corrected chi connectivity index (χ2v) is 5.65. The Morgan fingerprint density at radius 2 is 1.95 bits per heavy atom. The van der Waals surface area contributed by atoms with E-state index in [1.165, 1.54) is 27.9 Å². The molecule has 0 aromatic heterocycles. The first-order valence-electron chi connectivity index (χ1n) is 7.23. The molecule has 2 heteroatoms. The molecule has 0 saturated carbocycles. The van der Waals surface area contributed by atoms with E-state index in [-0.39, 0.29) is 0 Å². The fourth-order valence-corrected chi connectivity index (χ4v) is 2.68. The van der Waals surface area contributed by atoms with Gasteiger partial charge < -0.3 is 10.1 Å². The van der Waals surface area contributed by atoms with Crippen LogP contribution in [0.4, 0.5) is 5.69 Å². The zero-order chi connectivity index (χ0) is 14.1. The van der Waals surface area contributed by atoms with E-state index in [9.17, 15) is 0 Å². The van der Waals surface area contributed by atoms with Crippen LogP contribution in [0.5, 0.6) is 5.75 Å². The average molecular weight is 267 g/mol. The van der Waals surface area contributed by atoms with Gasteiger partial charge in [0.25, 0.3) is 0 Å². The summed E-state index contributed by atoms with van der Waals surface area (Å²) in [5.74, 6) is 1.05. The van der Waals surface area contributed by atoms with Gasteiger partial charge in [-0.25, -0.2) is 0 Å². The summed E-state index contributed by atoms with van der Waals surface area (Å²) in [5.41, 5.74) is 6.43. The number of fused-ring (bicyclic) bond motifs is 1. The Morgan fingerprint density at radius 3 is 2.80 bits per heavy atom. The molecule has 1 atom stereocenters. The molecule has 2 nitrogen and oxygen atoms in total. The van der Waals surface area contributed by atoms with Crippen molar-refractivity contribution in [3.63, 3.8) is 0 Å². The van der Waals surface area contributed by atoms with E-state index in [4.69, 9.17) is 4.74 Å². The number of nitrogens with one attached hydrogen (secondary N) is 1. The Balaban J connectivity index is 1.82. The predicted octanol–water partition coefficient (Wildman–Crippen LogP) is 4.41. The highest BCUT2D eigenvalue weighted by molar-refractivity contribution is 5.54. The van der Waals surface area contributed by atoms with Gasteiger partial charge in [0, 0.05) is 18.2 Å². The number of aryl methyl sites for hydroxylation is 2. The minimum absolute atomic E-state index is 0.293. The highest BCUT2D eigenvalue weighted by Gasteiger charge is 2.14. The van der Waals surface area contributed by atoms with Crippen LogP contribution in [0.3, 0.4) is 0 Å². The topological polar surface area (TPSA) is 21.3 Å². The summed E-state index contributed by atoms with van der Waals surface area (Å²) in [6.07, 6.45) is 1.03. The maximum absolute atomic E-state index is 5.57. The fourth-order valence-electron chi connectivity index (χ4n) is 2.68. The molecule has 0 saturated heterocycles. The summed E-state index contributed by atoms with van der Waals surface area (Å²) in [7, 11) is 0. The van der Waals surface area contributed by atoms with Crippen LogP contribution < -0.4 is 10.1 Å². The molecule has 0 aliphatic carbocycles. The van der Waals surface area contributed by atoms with E-state index >= 15 is 0 Å². The van der Waals surface area contributed by atoms with Gasteiger partial charge in [-0.15, -0.1) is 0 Å². The maximum Gasteiger partial charge on any atom is 0.122 e. The first-order valence-corrected chi connectivity index (χ1v) is 7.23. The Morgan fingerprint density at radius 1 is 1.10 bits per heavy atom. The van der Waals surface area contributed by atoms with E-state index in [1.807, 2.05) is 0 Å². The maximum atomic E-state index is 5.57. The third kappa shape index (κ3) is 2.51. The Labute approximate surface area is 120 Å². The largest absolute Gasteiger partial charge is 0.493 e. The van der Waals surface area contributed by atoms with Gasteiger partial charge in [-0.1, -0.05) is 18.2 Å². The summed E-state index contributed by atoms with van der Waals surface area (Å²) in [6, 6.07) is 13.3. The van der Waals surface area contributed by atoms with Crippen molar-refractivity contribution in [2.75, 3.05) is 11.9 Å². The minimum atomic E-state index is 0.293. The number of hydrogen-bond acceptors (Lipinski definition) is 2. The van der Waals surface area contributed by atoms with Crippen molar-refractivity contribution in [3.8, 4) is 5.75 Å². The van der Waals surface area contributed by atoms with Crippen LogP contribution in [0.25, 0.3) is 0 Å². The normalized spacial score (nSPS) is 14.6. The summed E-state index contributed by atoms with van der Waals surface area (Å²) in [5, 5.41) is 3.62. The molecular formula is C18H21NO. The quantitative estimate of drug-likeness (QED) is 0.889. The lowest BCUT2D eigenvalue weighted by atomic mass is 10.0. The molecule has 3 rings (SSSR count). The molecule has 2 aromatic rings. The Bertz CT molecular complexity index is 633. The molecule has 2 aromatic carbocycles. The molecule has 1 N–H and O–H groups in total. The van der Waals surface area contributed by atoms with Crippen molar-refractivity contribution in [2.45, 2.75) is 33.2 Å². The molecule has 1 heterocycles. The predicted molar refractivity (Wildman–Crippen MR) is 83.6 cm³/mol. The van der Waals surface area contributed by atoms with E-state index in [1.54, 1.807) is 0 Å². The highest BCUT2D eigenvalue weighted by atomic mass is 16.5. The average Bonchev–Trinajstić information content (AvgIpc) is 2.90. The number of benzene rings is 2. The van der Waals surface area contributed by atoms with Crippen molar-refractivity contribution in [1.82, 2.24) is 0 Å². The van der Waals surface area contributed by atoms with Crippen LogP contribution in [-0.2, 0) is 6.42 Å². The third-order valence-corrected chi connectivity index (χ3v) is 3.98. The lowest BCUT2D eigenvalue weighted by Crippen LogP contribution is -2.08.